The molecule has 0 spiro atoms. The molecule has 2 aromatic heterocycles. The molecule has 1 saturated heterocycles. The molecule has 8 heteroatoms. The number of aromatic nitrogens is 2. The SMILES string of the molecule is Cc1cccc2nc(-c3c(F)cccc3Cl)c(NCC(=O)N3CCOCC3)n12. The molecule has 1 aromatic carbocycles. The Morgan fingerprint density at radius 1 is 1.25 bits per heavy atom. The zero-order chi connectivity index (χ0) is 19.7. The monoisotopic (exact) mass is 402 g/mol. The predicted octanol–water partition coefficient (Wildman–Crippen LogP) is 3.37. The van der Waals surface area contributed by atoms with Crippen LogP contribution in [0.4, 0.5) is 10.2 Å². The minimum Gasteiger partial charge on any atom is -0.378 e. The van der Waals surface area contributed by atoms with Crippen LogP contribution in [0, 0.1) is 12.7 Å². The maximum atomic E-state index is 14.6. The number of aryl methyl sites for hydroxylation is 1. The van der Waals surface area contributed by atoms with Gasteiger partial charge in [0.1, 0.15) is 23.0 Å². The molecule has 3 heterocycles. The van der Waals surface area contributed by atoms with Crippen LogP contribution >= 0.6 is 11.6 Å². The van der Waals surface area contributed by atoms with E-state index in [2.05, 4.69) is 10.3 Å². The first-order valence-corrected chi connectivity index (χ1v) is 9.46. The van der Waals surface area contributed by atoms with E-state index in [1.807, 2.05) is 29.5 Å². The molecule has 0 bridgehead atoms. The molecule has 0 atom stereocenters. The van der Waals surface area contributed by atoms with E-state index in [0.29, 0.717) is 43.5 Å². The first-order valence-electron chi connectivity index (χ1n) is 9.08. The van der Waals surface area contributed by atoms with Gasteiger partial charge in [-0.25, -0.2) is 9.37 Å². The van der Waals surface area contributed by atoms with Gasteiger partial charge in [0, 0.05) is 18.8 Å². The van der Waals surface area contributed by atoms with Crippen LogP contribution in [0.3, 0.4) is 0 Å². The molecular formula is C20H20ClFN4O2. The van der Waals surface area contributed by atoms with Crippen molar-refractivity contribution in [1.82, 2.24) is 14.3 Å². The molecule has 1 amide bonds. The molecule has 4 rings (SSSR count). The highest BCUT2D eigenvalue weighted by molar-refractivity contribution is 6.33. The van der Waals surface area contributed by atoms with Crippen LogP contribution in [-0.2, 0) is 9.53 Å². The Morgan fingerprint density at radius 3 is 2.75 bits per heavy atom. The number of ether oxygens (including phenoxy) is 1. The Hall–Kier alpha value is -2.64. The zero-order valence-corrected chi connectivity index (χ0v) is 16.2. The summed E-state index contributed by atoms with van der Waals surface area (Å²) in [6.45, 7) is 4.21. The highest BCUT2D eigenvalue weighted by atomic mass is 35.5. The predicted molar refractivity (Wildman–Crippen MR) is 106 cm³/mol. The number of nitrogens with zero attached hydrogens (tertiary/aromatic N) is 3. The summed E-state index contributed by atoms with van der Waals surface area (Å²) in [7, 11) is 0. The number of carbonyl (C=O) groups is 1. The molecule has 1 fully saturated rings. The average Bonchev–Trinajstić information content (AvgIpc) is 3.06. The van der Waals surface area contributed by atoms with Crippen LogP contribution in [0.1, 0.15) is 5.69 Å². The summed E-state index contributed by atoms with van der Waals surface area (Å²) >= 11 is 6.28. The molecule has 28 heavy (non-hydrogen) atoms. The first-order chi connectivity index (χ1) is 13.6. The second-order valence-electron chi connectivity index (χ2n) is 6.61. The number of carbonyl (C=O) groups excluding carboxylic acids is 1. The maximum Gasteiger partial charge on any atom is 0.242 e. The lowest BCUT2D eigenvalue weighted by Crippen LogP contribution is -2.43. The maximum absolute atomic E-state index is 14.6. The van der Waals surface area contributed by atoms with Gasteiger partial charge in [0.05, 0.1) is 30.3 Å². The van der Waals surface area contributed by atoms with Gasteiger partial charge in [-0.1, -0.05) is 23.7 Å². The Bertz CT molecular complexity index is 1010. The smallest absolute Gasteiger partial charge is 0.242 e. The third-order valence-corrected chi connectivity index (χ3v) is 5.12. The van der Waals surface area contributed by atoms with Crippen molar-refractivity contribution < 1.29 is 13.9 Å². The molecule has 0 radical (unpaired) electrons. The number of imidazole rings is 1. The van der Waals surface area contributed by atoms with E-state index in [-0.39, 0.29) is 23.0 Å². The molecule has 0 saturated carbocycles. The number of nitrogens with one attached hydrogen (secondary N) is 1. The van der Waals surface area contributed by atoms with E-state index in [4.69, 9.17) is 16.3 Å². The molecule has 1 aliphatic rings. The Kier molecular flexibility index (Phi) is 5.19. The molecular weight excluding hydrogens is 383 g/mol. The lowest BCUT2D eigenvalue weighted by Gasteiger charge is -2.27. The Morgan fingerprint density at radius 2 is 2.00 bits per heavy atom. The summed E-state index contributed by atoms with van der Waals surface area (Å²) in [6, 6.07) is 10.2. The molecule has 0 aliphatic carbocycles. The number of morpholine rings is 1. The van der Waals surface area contributed by atoms with Crippen molar-refractivity contribution in [3.05, 3.63) is 52.9 Å². The van der Waals surface area contributed by atoms with Crippen LogP contribution in [0.2, 0.25) is 5.02 Å². The van der Waals surface area contributed by atoms with Crippen molar-refractivity contribution >= 4 is 29.0 Å². The number of pyridine rings is 1. The third kappa shape index (κ3) is 3.43. The van der Waals surface area contributed by atoms with Gasteiger partial charge >= 0.3 is 0 Å². The number of amides is 1. The van der Waals surface area contributed by atoms with Crippen LogP contribution in [0.25, 0.3) is 16.9 Å². The van der Waals surface area contributed by atoms with E-state index in [9.17, 15) is 9.18 Å². The summed E-state index contributed by atoms with van der Waals surface area (Å²) < 4.78 is 21.7. The summed E-state index contributed by atoms with van der Waals surface area (Å²) in [5.41, 5.74) is 2.15. The number of fused-ring (bicyclic) bond motifs is 1. The molecule has 0 unspecified atom stereocenters. The quantitative estimate of drug-likeness (QED) is 0.727. The van der Waals surface area contributed by atoms with Crippen LogP contribution < -0.4 is 5.32 Å². The molecule has 3 aromatic rings. The largest absolute Gasteiger partial charge is 0.378 e. The second-order valence-corrected chi connectivity index (χ2v) is 7.02. The van der Waals surface area contributed by atoms with Crippen molar-refractivity contribution in [2.75, 3.05) is 38.2 Å². The number of rotatable bonds is 4. The first kappa shape index (κ1) is 18.7. The zero-order valence-electron chi connectivity index (χ0n) is 15.4. The average molecular weight is 403 g/mol. The van der Waals surface area contributed by atoms with Crippen LogP contribution in [0.15, 0.2) is 36.4 Å². The van der Waals surface area contributed by atoms with E-state index < -0.39 is 5.82 Å². The van der Waals surface area contributed by atoms with Crippen LogP contribution in [-0.4, -0.2) is 53.0 Å². The van der Waals surface area contributed by atoms with Crippen molar-refractivity contribution in [2.24, 2.45) is 0 Å². The number of hydrogen-bond donors (Lipinski definition) is 1. The van der Waals surface area contributed by atoms with E-state index in [1.165, 1.54) is 6.07 Å². The van der Waals surface area contributed by atoms with Gasteiger partial charge in [0.15, 0.2) is 0 Å². The normalized spacial score (nSPS) is 14.5. The van der Waals surface area contributed by atoms with E-state index >= 15 is 0 Å². The summed E-state index contributed by atoms with van der Waals surface area (Å²) in [4.78, 5) is 18.9. The number of hydrogen-bond acceptors (Lipinski definition) is 4. The fourth-order valence-corrected chi connectivity index (χ4v) is 3.65. The van der Waals surface area contributed by atoms with Gasteiger partial charge < -0.3 is 15.0 Å². The minimum absolute atomic E-state index is 0.0441. The van der Waals surface area contributed by atoms with Gasteiger partial charge in [-0.05, 0) is 31.2 Å². The van der Waals surface area contributed by atoms with E-state index in [1.54, 1.807) is 17.0 Å². The van der Waals surface area contributed by atoms with Crippen LogP contribution in [0.5, 0.6) is 0 Å². The molecule has 1 aliphatic heterocycles. The van der Waals surface area contributed by atoms with Crippen molar-refractivity contribution in [3.8, 4) is 11.3 Å². The fourth-order valence-electron chi connectivity index (χ4n) is 3.40. The molecule has 146 valence electrons. The van der Waals surface area contributed by atoms with Gasteiger partial charge in [-0.15, -0.1) is 0 Å². The third-order valence-electron chi connectivity index (χ3n) is 4.81. The van der Waals surface area contributed by atoms with Crippen molar-refractivity contribution in [3.63, 3.8) is 0 Å². The van der Waals surface area contributed by atoms with Crippen molar-refractivity contribution in [2.45, 2.75) is 6.92 Å². The van der Waals surface area contributed by atoms with Gasteiger partial charge in [0.2, 0.25) is 5.91 Å². The summed E-state index contributed by atoms with van der Waals surface area (Å²) in [5.74, 6) is 0.0373. The lowest BCUT2D eigenvalue weighted by molar-refractivity contribution is -0.133. The highest BCUT2D eigenvalue weighted by Gasteiger charge is 2.22. The minimum atomic E-state index is -0.462. The van der Waals surface area contributed by atoms with Gasteiger partial charge in [0.25, 0.3) is 0 Å². The Balaban J connectivity index is 1.74. The van der Waals surface area contributed by atoms with Gasteiger partial charge in [-0.3, -0.25) is 9.20 Å². The Labute approximate surface area is 166 Å². The number of halogens is 2. The number of anilines is 1. The molecule has 1 N–H and O–H groups in total. The standard InChI is InChI=1S/C20H20ClFN4O2/c1-13-4-2-7-16-24-19(18-14(21)5-3-6-15(18)22)20(26(13)16)23-12-17(27)25-8-10-28-11-9-25/h2-7,23H,8-12H2,1H3. The topological polar surface area (TPSA) is 58.9 Å². The summed E-state index contributed by atoms with van der Waals surface area (Å²) in [5, 5.41) is 3.44. The number of benzene rings is 1. The van der Waals surface area contributed by atoms with Gasteiger partial charge in [-0.2, -0.15) is 0 Å². The van der Waals surface area contributed by atoms with E-state index in [0.717, 1.165) is 5.69 Å². The summed E-state index contributed by atoms with van der Waals surface area (Å²) in [6.07, 6.45) is 0. The highest BCUT2D eigenvalue weighted by Crippen LogP contribution is 2.36. The second kappa shape index (κ2) is 7.77. The fraction of sp³-hybridized carbons (Fsp3) is 0.300. The molecule has 6 nitrogen and oxygen atoms in total. The van der Waals surface area contributed by atoms with Crippen molar-refractivity contribution in [1.29, 1.82) is 0 Å². The lowest BCUT2D eigenvalue weighted by atomic mass is 10.1.